The van der Waals surface area contributed by atoms with Crippen LogP contribution in [-0.2, 0) is 24.2 Å². The largest absolute Gasteiger partial charge is 0.378 e. The van der Waals surface area contributed by atoms with Gasteiger partial charge in [0.2, 0.25) is 0 Å². The third-order valence-corrected chi connectivity index (χ3v) is 3.83. The number of rotatable bonds is 3. The summed E-state index contributed by atoms with van der Waals surface area (Å²) in [6.45, 7) is 4.03. The first kappa shape index (κ1) is 11.2. The van der Waals surface area contributed by atoms with E-state index in [1.165, 1.54) is 30.7 Å². The zero-order chi connectivity index (χ0) is 11.5. The quantitative estimate of drug-likeness (QED) is 0.862. The summed E-state index contributed by atoms with van der Waals surface area (Å²) >= 11 is 0. The molecule has 4 nitrogen and oxygen atoms in total. The van der Waals surface area contributed by atoms with Crippen LogP contribution in [0.15, 0.2) is 6.33 Å². The highest BCUT2D eigenvalue weighted by atomic mass is 16.5. The van der Waals surface area contributed by atoms with Crippen molar-refractivity contribution in [1.82, 2.24) is 14.9 Å². The van der Waals surface area contributed by atoms with Crippen molar-refractivity contribution in [2.75, 3.05) is 13.2 Å². The Balaban J connectivity index is 1.59. The Morgan fingerprint density at radius 2 is 2.47 bits per heavy atom. The van der Waals surface area contributed by atoms with Crippen LogP contribution < -0.4 is 5.32 Å². The fourth-order valence-corrected chi connectivity index (χ4v) is 2.81. The van der Waals surface area contributed by atoms with Gasteiger partial charge in [-0.3, -0.25) is 0 Å². The number of fused-ring (bicyclic) bond motifs is 1. The Labute approximate surface area is 102 Å². The van der Waals surface area contributed by atoms with E-state index >= 15 is 0 Å². The average molecular weight is 235 g/mol. The second-order valence-corrected chi connectivity index (χ2v) is 5.04. The molecule has 1 fully saturated rings. The minimum atomic E-state index is 0.475. The van der Waals surface area contributed by atoms with Crippen LogP contribution in [0.25, 0.3) is 0 Å². The van der Waals surface area contributed by atoms with Crippen molar-refractivity contribution in [2.45, 2.75) is 51.3 Å². The second kappa shape index (κ2) is 5.19. The van der Waals surface area contributed by atoms with Crippen molar-refractivity contribution in [1.29, 1.82) is 0 Å². The molecule has 94 valence electrons. The molecule has 1 aromatic heterocycles. The second-order valence-electron chi connectivity index (χ2n) is 5.04. The van der Waals surface area contributed by atoms with Gasteiger partial charge in [0.15, 0.2) is 0 Å². The summed E-state index contributed by atoms with van der Waals surface area (Å²) in [5.74, 6) is 0. The predicted octanol–water partition coefficient (Wildman–Crippen LogP) is 1.49. The van der Waals surface area contributed by atoms with Crippen LogP contribution in [-0.4, -0.2) is 28.8 Å². The first-order chi connectivity index (χ1) is 8.43. The topological polar surface area (TPSA) is 39.1 Å². The molecule has 0 radical (unpaired) electrons. The molecule has 1 aromatic rings. The molecule has 2 aliphatic rings. The van der Waals surface area contributed by atoms with Crippen molar-refractivity contribution in [2.24, 2.45) is 0 Å². The standard InChI is InChI=1S/C13H21N3O/c1-2-8-17-11(3-1)5-7-16-10-15-12-9-14-6-4-13(12)16/h10-11,14H,1-9H2. The summed E-state index contributed by atoms with van der Waals surface area (Å²) in [6, 6.07) is 0. The molecule has 0 aliphatic carbocycles. The molecule has 3 heterocycles. The third kappa shape index (κ3) is 2.53. The molecule has 4 heteroatoms. The Bertz CT molecular complexity index is 369. The third-order valence-electron chi connectivity index (χ3n) is 3.83. The summed E-state index contributed by atoms with van der Waals surface area (Å²) in [5.41, 5.74) is 2.67. The molecule has 1 N–H and O–H groups in total. The van der Waals surface area contributed by atoms with E-state index in [0.29, 0.717) is 6.10 Å². The van der Waals surface area contributed by atoms with E-state index < -0.39 is 0 Å². The molecule has 1 atom stereocenters. The Hall–Kier alpha value is -0.870. The average Bonchev–Trinajstić information content (AvgIpc) is 2.81. The van der Waals surface area contributed by atoms with Gasteiger partial charge in [-0.1, -0.05) is 0 Å². The first-order valence-electron chi connectivity index (χ1n) is 6.78. The van der Waals surface area contributed by atoms with Crippen molar-refractivity contribution in [3.63, 3.8) is 0 Å². The molecule has 0 aromatic carbocycles. The Kier molecular flexibility index (Phi) is 3.43. The highest BCUT2D eigenvalue weighted by Gasteiger charge is 2.17. The maximum atomic E-state index is 5.77. The molecule has 0 saturated carbocycles. The van der Waals surface area contributed by atoms with Crippen molar-refractivity contribution in [3.05, 3.63) is 17.7 Å². The van der Waals surface area contributed by atoms with E-state index in [0.717, 1.165) is 39.1 Å². The van der Waals surface area contributed by atoms with Gasteiger partial charge in [-0.05, 0) is 25.7 Å². The lowest BCUT2D eigenvalue weighted by atomic mass is 10.1. The lowest BCUT2D eigenvalue weighted by Crippen LogP contribution is -2.26. The number of hydrogen-bond donors (Lipinski definition) is 1. The van der Waals surface area contributed by atoms with Gasteiger partial charge in [-0.25, -0.2) is 4.98 Å². The Morgan fingerprint density at radius 3 is 3.35 bits per heavy atom. The normalized spacial score (nSPS) is 24.6. The number of aromatic nitrogens is 2. The van der Waals surface area contributed by atoms with E-state index in [9.17, 15) is 0 Å². The fraction of sp³-hybridized carbons (Fsp3) is 0.769. The zero-order valence-corrected chi connectivity index (χ0v) is 10.3. The number of imidazole rings is 1. The summed E-state index contributed by atoms with van der Waals surface area (Å²) in [5, 5.41) is 3.36. The van der Waals surface area contributed by atoms with Crippen molar-refractivity contribution < 1.29 is 4.74 Å². The first-order valence-corrected chi connectivity index (χ1v) is 6.78. The van der Waals surface area contributed by atoms with Crippen molar-refractivity contribution in [3.8, 4) is 0 Å². The number of hydrogen-bond acceptors (Lipinski definition) is 3. The molecule has 3 rings (SSSR count). The molecule has 1 unspecified atom stereocenters. The molecular weight excluding hydrogens is 214 g/mol. The van der Waals surface area contributed by atoms with E-state index in [1.54, 1.807) is 0 Å². The number of nitrogens with zero attached hydrogens (tertiary/aromatic N) is 2. The molecule has 0 amide bonds. The van der Waals surface area contributed by atoms with E-state index in [2.05, 4.69) is 14.9 Å². The fourth-order valence-electron chi connectivity index (χ4n) is 2.81. The van der Waals surface area contributed by atoms with Gasteiger partial charge in [0.25, 0.3) is 0 Å². The highest BCUT2D eigenvalue weighted by molar-refractivity contribution is 5.16. The molecular formula is C13H21N3O. The number of nitrogens with one attached hydrogen (secondary N) is 1. The zero-order valence-electron chi connectivity index (χ0n) is 10.3. The maximum Gasteiger partial charge on any atom is 0.0952 e. The molecule has 2 aliphatic heterocycles. The van der Waals surface area contributed by atoms with Gasteiger partial charge in [0.1, 0.15) is 0 Å². The Morgan fingerprint density at radius 1 is 1.47 bits per heavy atom. The van der Waals surface area contributed by atoms with Gasteiger partial charge in [-0.2, -0.15) is 0 Å². The number of ether oxygens (including phenoxy) is 1. The van der Waals surface area contributed by atoms with Gasteiger partial charge >= 0.3 is 0 Å². The van der Waals surface area contributed by atoms with E-state index in [4.69, 9.17) is 4.74 Å². The van der Waals surface area contributed by atoms with Crippen LogP contribution in [0, 0.1) is 0 Å². The predicted molar refractivity (Wildman–Crippen MR) is 65.8 cm³/mol. The molecule has 0 spiro atoms. The van der Waals surface area contributed by atoms with E-state index in [1.807, 2.05) is 6.33 Å². The summed E-state index contributed by atoms with van der Waals surface area (Å²) in [6.07, 6.45) is 8.53. The van der Waals surface area contributed by atoms with Crippen LogP contribution in [0.3, 0.4) is 0 Å². The molecule has 17 heavy (non-hydrogen) atoms. The van der Waals surface area contributed by atoms with Gasteiger partial charge in [0.05, 0.1) is 18.1 Å². The highest BCUT2D eigenvalue weighted by Crippen LogP contribution is 2.18. The monoisotopic (exact) mass is 235 g/mol. The minimum Gasteiger partial charge on any atom is -0.378 e. The van der Waals surface area contributed by atoms with Crippen LogP contribution in [0.5, 0.6) is 0 Å². The summed E-state index contributed by atoms with van der Waals surface area (Å²) in [7, 11) is 0. The van der Waals surface area contributed by atoms with Crippen molar-refractivity contribution >= 4 is 0 Å². The lowest BCUT2D eigenvalue weighted by Gasteiger charge is -2.23. The smallest absolute Gasteiger partial charge is 0.0952 e. The summed E-state index contributed by atoms with van der Waals surface area (Å²) < 4.78 is 8.10. The van der Waals surface area contributed by atoms with Gasteiger partial charge in [0, 0.05) is 38.4 Å². The number of aryl methyl sites for hydroxylation is 1. The van der Waals surface area contributed by atoms with Crippen LogP contribution >= 0.6 is 0 Å². The summed E-state index contributed by atoms with van der Waals surface area (Å²) in [4.78, 5) is 4.48. The lowest BCUT2D eigenvalue weighted by molar-refractivity contribution is 0.00869. The maximum absolute atomic E-state index is 5.77. The van der Waals surface area contributed by atoms with Gasteiger partial charge in [-0.15, -0.1) is 0 Å². The van der Waals surface area contributed by atoms with Gasteiger partial charge < -0.3 is 14.6 Å². The van der Waals surface area contributed by atoms with Crippen LogP contribution in [0.1, 0.15) is 37.1 Å². The van der Waals surface area contributed by atoms with Crippen LogP contribution in [0.2, 0.25) is 0 Å². The SMILES string of the molecule is c1nc2c(n1CCC1CCCCO1)CCNC2. The molecule has 0 bridgehead atoms. The van der Waals surface area contributed by atoms with E-state index in [-0.39, 0.29) is 0 Å². The minimum absolute atomic E-state index is 0.475. The van der Waals surface area contributed by atoms with Crippen LogP contribution in [0.4, 0.5) is 0 Å². The molecule has 1 saturated heterocycles.